The van der Waals surface area contributed by atoms with E-state index in [1.165, 1.54) is 257 Å². The van der Waals surface area contributed by atoms with E-state index in [0.717, 1.165) is 57.8 Å². The number of allylic oxidation sites excluding steroid dienone is 11. The molecule has 12 unspecified atom stereocenters. The number of carbonyl (C=O) groups excluding carboxylic acids is 1. The Balaban J connectivity index is 1.57. The molecule has 2 fully saturated rings. The highest BCUT2D eigenvalue weighted by Gasteiger charge is 2.51. The van der Waals surface area contributed by atoms with Gasteiger partial charge in [-0.1, -0.05) is 331 Å². The van der Waals surface area contributed by atoms with Crippen molar-refractivity contribution < 1.29 is 64.6 Å². The number of unbranched alkanes of at least 4 members (excludes halogenated alkanes) is 44. The van der Waals surface area contributed by atoms with Crippen LogP contribution in [-0.2, 0) is 23.7 Å². The summed E-state index contributed by atoms with van der Waals surface area (Å²) in [6.45, 7) is 2.80. The summed E-state index contributed by atoms with van der Waals surface area (Å²) < 4.78 is 22.9. The van der Waals surface area contributed by atoms with Gasteiger partial charge < -0.3 is 65.1 Å². The monoisotopic (exact) mass is 1360 g/mol. The van der Waals surface area contributed by atoms with Crippen LogP contribution in [0.25, 0.3) is 0 Å². The molecule has 2 aliphatic rings. The molecule has 14 heteroatoms. The lowest BCUT2D eigenvalue weighted by Gasteiger charge is -2.46. The van der Waals surface area contributed by atoms with Crippen molar-refractivity contribution >= 4 is 5.91 Å². The van der Waals surface area contributed by atoms with Gasteiger partial charge in [-0.2, -0.15) is 0 Å². The van der Waals surface area contributed by atoms with E-state index in [1.807, 2.05) is 6.08 Å². The standard InChI is InChI=1S/C82H149NO13/c1-3-5-7-9-11-13-15-17-19-21-23-25-26-27-28-29-30-31-32-33-34-35-36-37-38-39-40-41-42-43-44-46-48-50-52-54-56-58-60-62-64-66-74(87)83-70(71(86)65-63-61-59-57-55-53-51-49-47-45-24-22-20-18-16-14-12-10-8-6-4-2)69-93-81-79(92)77(90)80(73(68-85)95-81)96-82-78(91)76(89)75(88)72(67-84)94-82/h15,17,21,23,26-27,47,49,55,57,63,65,70-73,75-82,84-86,88-92H,3-14,16,18-20,22,24-25,28-46,48,50-54,56,58-62,64,66-69H2,1-2H3,(H,83,87)/b17-15-,23-21-,27-26-,49-47+,57-55+,65-63+. The van der Waals surface area contributed by atoms with Gasteiger partial charge in [0.1, 0.15) is 48.8 Å². The third-order valence-electron chi connectivity index (χ3n) is 19.3. The summed E-state index contributed by atoms with van der Waals surface area (Å²) in [6, 6.07) is -0.940. The molecule has 12 atom stereocenters. The van der Waals surface area contributed by atoms with E-state index in [9.17, 15) is 45.6 Å². The fourth-order valence-electron chi connectivity index (χ4n) is 13.0. The van der Waals surface area contributed by atoms with Crippen molar-refractivity contribution in [1.29, 1.82) is 0 Å². The zero-order chi connectivity index (χ0) is 69.4. The van der Waals surface area contributed by atoms with Crippen LogP contribution in [0.5, 0.6) is 0 Å². The molecule has 2 saturated heterocycles. The minimum Gasteiger partial charge on any atom is -0.394 e. The molecule has 0 aromatic rings. The first kappa shape index (κ1) is 89.5. The van der Waals surface area contributed by atoms with Crippen LogP contribution in [0, 0.1) is 0 Å². The van der Waals surface area contributed by atoms with Gasteiger partial charge in [0.25, 0.3) is 0 Å². The molecule has 96 heavy (non-hydrogen) atoms. The molecule has 0 aromatic heterocycles. The predicted octanol–water partition coefficient (Wildman–Crippen LogP) is 18.1. The van der Waals surface area contributed by atoms with Crippen LogP contribution in [0.3, 0.4) is 0 Å². The normalized spacial score (nSPS) is 22.6. The maximum atomic E-state index is 13.4. The van der Waals surface area contributed by atoms with Crippen LogP contribution >= 0.6 is 0 Å². The van der Waals surface area contributed by atoms with E-state index in [-0.39, 0.29) is 18.9 Å². The van der Waals surface area contributed by atoms with Gasteiger partial charge in [-0.25, -0.2) is 0 Å². The number of aliphatic hydroxyl groups is 8. The molecule has 0 spiro atoms. The Hall–Kier alpha value is -2.57. The van der Waals surface area contributed by atoms with E-state index in [2.05, 4.69) is 79.9 Å². The number of nitrogens with one attached hydrogen (secondary N) is 1. The zero-order valence-corrected chi connectivity index (χ0v) is 61.4. The van der Waals surface area contributed by atoms with Crippen LogP contribution < -0.4 is 5.32 Å². The van der Waals surface area contributed by atoms with Crippen LogP contribution in [0.4, 0.5) is 0 Å². The predicted molar refractivity (Wildman–Crippen MR) is 397 cm³/mol. The molecule has 0 radical (unpaired) electrons. The topological polar surface area (TPSA) is 228 Å². The summed E-state index contributed by atoms with van der Waals surface area (Å²) >= 11 is 0. The van der Waals surface area contributed by atoms with Crippen molar-refractivity contribution in [3.8, 4) is 0 Å². The Morgan fingerprint density at radius 1 is 0.375 bits per heavy atom. The SMILES string of the molecule is CCCCCCC/C=C\C/C=C\C/C=C\CCCCCCCCCCCCCCCCCCCCCCCCCCCCC(=O)NC(COC1OC(CO)C(OC2OC(CO)C(O)C(O)C2O)C(O)C1O)C(O)/C=C/CC/C=C/CC/C=C/CCCCCCCCCCCCC. The molecule has 14 nitrogen and oxygen atoms in total. The van der Waals surface area contributed by atoms with E-state index in [0.29, 0.717) is 12.8 Å². The van der Waals surface area contributed by atoms with Gasteiger partial charge in [-0.05, 0) is 83.5 Å². The minimum absolute atomic E-state index is 0.248. The number of ether oxygens (including phenoxy) is 4. The number of carbonyl (C=O) groups is 1. The Morgan fingerprint density at radius 2 is 0.698 bits per heavy atom. The second-order valence-electron chi connectivity index (χ2n) is 28.2. The quantitative estimate of drug-likeness (QED) is 0.0204. The molecule has 2 heterocycles. The summed E-state index contributed by atoms with van der Waals surface area (Å²) in [6.07, 6.45) is 74.3. The van der Waals surface area contributed by atoms with Crippen molar-refractivity contribution in [3.63, 3.8) is 0 Å². The average molecular weight is 1360 g/mol. The van der Waals surface area contributed by atoms with Crippen molar-refractivity contribution in [2.75, 3.05) is 19.8 Å². The summed E-state index contributed by atoms with van der Waals surface area (Å²) in [5.74, 6) is -0.248. The molecule has 0 bridgehead atoms. The van der Waals surface area contributed by atoms with Gasteiger partial charge >= 0.3 is 0 Å². The fourth-order valence-corrected chi connectivity index (χ4v) is 13.0. The Morgan fingerprint density at radius 3 is 1.09 bits per heavy atom. The molecule has 0 aliphatic carbocycles. The van der Waals surface area contributed by atoms with E-state index in [1.54, 1.807) is 6.08 Å². The van der Waals surface area contributed by atoms with E-state index >= 15 is 0 Å². The number of hydrogen-bond donors (Lipinski definition) is 9. The lowest BCUT2D eigenvalue weighted by atomic mass is 9.97. The number of aliphatic hydroxyl groups excluding tert-OH is 8. The molecule has 9 N–H and O–H groups in total. The third kappa shape index (κ3) is 48.3. The van der Waals surface area contributed by atoms with E-state index in [4.69, 9.17) is 18.9 Å². The van der Waals surface area contributed by atoms with Crippen LogP contribution in [0.15, 0.2) is 72.9 Å². The molecular formula is C82H149NO13. The highest BCUT2D eigenvalue weighted by Crippen LogP contribution is 2.30. The lowest BCUT2D eigenvalue weighted by Crippen LogP contribution is -2.65. The molecule has 2 rings (SSSR count). The number of rotatable bonds is 67. The molecule has 2 aliphatic heterocycles. The maximum Gasteiger partial charge on any atom is 0.220 e. The van der Waals surface area contributed by atoms with Gasteiger partial charge in [-0.15, -0.1) is 0 Å². The fraction of sp³-hybridized carbons (Fsp3) is 0.841. The van der Waals surface area contributed by atoms with Crippen LogP contribution in [0.1, 0.15) is 348 Å². The molecule has 1 amide bonds. The molecule has 0 saturated carbocycles. The summed E-state index contributed by atoms with van der Waals surface area (Å²) in [4.78, 5) is 13.4. The van der Waals surface area contributed by atoms with Crippen molar-refractivity contribution in [3.05, 3.63) is 72.9 Å². The highest BCUT2D eigenvalue weighted by atomic mass is 16.7. The molecule has 560 valence electrons. The number of hydrogen-bond acceptors (Lipinski definition) is 13. The summed E-state index contributed by atoms with van der Waals surface area (Å²) in [7, 11) is 0. The van der Waals surface area contributed by atoms with Gasteiger partial charge in [0, 0.05) is 6.42 Å². The highest BCUT2D eigenvalue weighted by molar-refractivity contribution is 5.76. The maximum absolute atomic E-state index is 13.4. The minimum atomic E-state index is -1.79. The number of amides is 1. The summed E-state index contributed by atoms with van der Waals surface area (Å²) in [5, 5.41) is 87.5. The lowest BCUT2D eigenvalue weighted by molar-refractivity contribution is -0.359. The summed E-state index contributed by atoms with van der Waals surface area (Å²) in [5.41, 5.74) is 0. The second kappa shape index (κ2) is 65.7. The Bertz CT molecular complexity index is 1890. The van der Waals surface area contributed by atoms with Crippen molar-refractivity contribution in [2.45, 2.75) is 421 Å². The first-order valence-electron chi connectivity index (χ1n) is 40.2. The van der Waals surface area contributed by atoms with Gasteiger partial charge in [0.15, 0.2) is 12.6 Å². The largest absolute Gasteiger partial charge is 0.394 e. The average Bonchev–Trinajstić information content (AvgIpc) is 0.807. The Labute approximate surface area is 587 Å². The first-order valence-corrected chi connectivity index (χ1v) is 40.2. The van der Waals surface area contributed by atoms with E-state index < -0.39 is 86.8 Å². The smallest absolute Gasteiger partial charge is 0.220 e. The molecular weight excluding hydrogens is 1210 g/mol. The first-order chi connectivity index (χ1) is 47.1. The van der Waals surface area contributed by atoms with Crippen LogP contribution in [0.2, 0.25) is 0 Å². The van der Waals surface area contributed by atoms with Gasteiger partial charge in [-0.3, -0.25) is 4.79 Å². The van der Waals surface area contributed by atoms with Gasteiger partial charge in [0.05, 0.1) is 32.0 Å². The van der Waals surface area contributed by atoms with Crippen LogP contribution in [-0.4, -0.2) is 140 Å². The Kier molecular flexibility index (Phi) is 61.3. The second-order valence-corrected chi connectivity index (χ2v) is 28.2. The van der Waals surface area contributed by atoms with Crippen molar-refractivity contribution in [1.82, 2.24) is 5.32 Å². The van der Waals surface area contributed by atoms with Crippen molar-refractivity contribution in [2.24, 2.45) is 0 Å². The third-order valence-corrected chi connectivity index (χ3v) is 19.3. The zero-order valence-electron chi connectivity index (χ0n) is 61.4. The van der Waals surface area contributed by atoms with Gasteiger partial charge in [0.2, 0.25) is 5.91 Å². The molecule has 0 aromatic carbocycles.